The van der Waals surface area contributed by atoms with Gasteiger partial charge in [-0.15, -0.1) is 0 Å². The fraction of sp³-hybridized carbons (Fsp3) is 0.391. The molecule has 0 spiro atoms. The van der Waals surface area contributed by atoms with Crippen LogP contribution in [0.15, 0.2) is 41.4 Å². The van der Waals surface area contributed by atoms with Gasteiger partial charge in [-0.1, -0.05) is 18.2 Å². The van der Waals surface area contributed by atoms with E-state index in [0.29, 0.717) is 31.0 Å². The number of carbonyl (C=O) groups excluding carboxylic acids is 1. The first-order valence-electron chi connectivity index (χ1n) is 11.1. The Hall–Kier alpha value is -2.95. The predicted octanol–water partition coefficient (Wildman–Crippen LogP) is 1.31. The highest BCUT2D eigenvalue weighted by Gasteiger charge is 2.32. The van der Waals surface area contributed by atoms with Crippen LogP contribution in [0.25, 0.3) is 0 Å². The lowest BCUT2D eigenvalue weighted by Gasteiger charge is -2.26. The van der Waals surface area contributed by atoms with Crippen LogP contribution in [0.4, 0.5) is 0 Å². The van der Waals surface area contributed by atoms with Crippen LogP contribution in [0.3, 0.4) is 0 Å². The molecule has 3 aromatic rings. The van der Waals surface area contributed by atoms with Crippen LogP contribution in [0.5, 0.6) is 0 Å². The van der Waals surface area contributed by atoms with Crippen LogP contribution < -0.4 is 10.6 Å². The quantitative estimate of drug-likeness (QED) is 0.588. The molecule has 0 atom stereocenters. The SMILES string of the molecule is Cc1c(S(=O)(=O)N2CCn3nccc3C2)cc(C(=O)NCc2cccc3c2CNCC3)n1C. The lowest BCUT2D eigenvalue weighted by atomic mass is 9.96. The Morgan fingerprint density at radius 3 is 2.94 bits per heavy atom. The summed E-state index contributed by atoms with van der Waals surface area (Å²) in [6, 6.07) is 9.50. The third-order valence-electron chi connectivity index (χ3n) is 6.73. The molecule has 2 aliphatic rings. The minimum Gasteiger partial charge on any atom is -0.347 e. The Morgan fingerprint density at radius 1 is 1.24 bits per heavy atom. The molecule has 2 aromatic heterocycles. The van der Waals surface area contributed by atoms with Crippen LogP contribution in [0, 0.1) is 6.92 Å². The summed E-state index contributed by atoms with van der Waals surface area (Å²) in [6.45, 7) is 5.01. The van der Waals surface area contributed by atoms with Gasteiger partial charge in [0.2, 0.25) is 10.0 Å². The number of hydrogen-bond donors (Lipinski definition) is 2. The number of nitrogens with zero attached hydrogens (tertiary/aromatic N) is 4. The Kier molecular flexibility index (Phi) is 5.59. The normalized spacial score (nSPS) is 16.3. The molecule has 1 amide bonds. The van der Waals surface area contributed by atoms with Crippen LogP contribution in [-0.2, 0) is 49.7 Å². The van der Waals surface area contributed by atoms with E-state index in [0.717, 1.165) is 30.8 Å². The highest BCUT2D eigenvalue weighted by atomic mass is 32.2. The second kappa shape index (κ2) is 8.44. The summed E-state index contributed by atoms with van der Waals surface area (Å²) < 4.78 is 31.8. The molecular formula is C23H28N6O3S. The highest BCUT2D eigenvalue weighted by molar-refractivity contribution is 7.89. The molecule has 4 heterocycles. The van der Waals surface area contributed by atoms with Crippen molar-refractivity contribution in [3.63, 3.8) is 0 Å². The molecule has 9 nitrogen and oxygen atoms in total. The summed E-state index contributed by atoms with van der Waals surface area (Å²) >= 11 is 0. The standard InChI is InChI=1S/C23H28N6O3S/c1-16-22(33(31,32)28-10-11-29-19(15-28)7-9-26-29)12-21(27(16)2)23(30)25-13-18-5-3-4-17-6-8-24-14-20(17)18/h3-5,7,9,12,24H,6,8,10-11,13-15H2,1-2H3,(H,25,30). The first-order valence-corrected chi connectivity index (χ1v) is 12.6. The van der Waals surface area contributed by atoms with E-state index in [1.165, 1.54) is 21.5 Å². The summed E-state index contributed by atoms with van der Waals surface area (Å²) in [5.74, 6) is -0.292. The number of amides is 1. The maximum Gasteiger partial charge on any atom is 0.268 e. The molecule has 174 valence electrons. The smallest absolute Gasteiger partial charge is 0.268 e. The molecule has 0 bridgehead atoms. The molecule has 1 aromatic carbocycles. The van der Waals surface area contributed by atoms with Gasteiger partial charge in [-0.05, 0) is 48.7 Å². The van der Waals surface area contributed by atoms with Gasteiger partial charge in [0.05, 0.1) is 18.8 Å². The van der Waals surface area contributed by atoms with Gasteiger partial charge in [0.1, 0.15) is 10.6 Å². The molecule has 0 radical (unpaired) electrons. The molecule has 0 fully saturated rings. The summed E-state index contributed by atoms with van der Waals surface area (Å²) in [7, 11) is -2.02. The van der Waals surface area contributed by atoms with E-state index in [1.54, 1.807) is 24.7 Å². The minimum absolute atomic E-state index is 0.171. The third kappa shape index (κ3) is 3.88. The first kappa shape index (κ1) is 21.9. The molecule has 33 heavy (non-hydrogen) atoms. The van der Waals surface area contributed by atoms with Gasteiger partial charge in [-0.25, -0.2) is 8.42 Å². The summed E-state index contributed by atoms with van der Waals surface area (Å²) in [5.41, 5.74) is 5.36. The van der Waals surface area contributed by atoms with E-state index in [2.05, 4.69) is 21.8 Å². The van der Waals surface area contributed by atoms with Gasteiger partial charge in [0.15, 0.2) is 0 Å². The fourth-order valence-corrected chi connectivity index (χ4v) is 6.35. The third-order valence-corrected chi connectivity index (χ3v) is 8.69. The largest absolute Gasteiger partial charge is 0.347 e. The number of sulfonamides is 1. The lowest BCUT2D eigenvalue weighted by Crippen LogP contribution is -2.38. The number of aromatic nitrogens is 3. The molecule has 10 heteroatoms. The highest BCUT2D eigenvalue weighted by Crippen LogP contribution is 2.26. The average Bonchev–Trinajstić information content (AvgIpc) is 3.41. The summed E-state index contributed by atoms with van der Waals surface area (Å²) in [6.07, 6.45) is 2.66. The van der Waals surface area contributed by atoms with Crippen LogP contribution in [0.1, 0.15) is 38.6 Å². The number of hydrogen-bond acceptors (Lipinski definition) is 5. The van der Waals surface area contributed by atoms with Crippen molar-refractivity contribution < 1.29 is 13.2 Å². The molecule has 2 N–H and O–H groups in total. The Balaban J connectivity index is 1.36. The van der Waals surface area contributed by atoms with Crippen molar-refractivity contribution in [2.75, 3.05) is 13.1 Å². The monoisotopic (exact) mass is 468 g/mol. The molecular weight excluding hydrogens is 440 g/mol. The van der Waals surface area contributed by atoms with Gasteiger partial charge >= 0.3 is 0 Å². The fourth-order valence-electron chi connectivity index (χ4n) is 4.67. The molecule has 0 saturated carbocycles. The zero-order chi connectivity index (χ0) is 23.2. The van der Waals surface area contributed by atoms with Gasteiger partial charge in [-0.2, -0.15) is 9.40 Å². The molecule has 0 unspecified atom stereocenters. The van der Waals surface area contributed by atoms with Crippen LogP contribution >= 0.6 is 0 Å². The number of carbonyl (C=O) groups is 1. The van der Waals surface area contributed by atoms with E-state index in [-0.39, 0.29) is 17.3 Å². The second-order valence-electron chi connectivity index (χ2n) is 8.59. The average molecular weight is 469 g/mol. The topological polar surface area (TPSA) is 101 Å². The number of benzene rings is 1. The number of nitrogens with one attached hydrogen (secondary N) is 2. The van der Waals surface area contributed by atoms with Crippen molar-refractivity contribution in [2.45, 2.75) is 44.4 Å². The van der Waals surface area contributed by atoms with E-state index in [9.17, 15) is 13.2 Å². The van der Waals surface area contributed by atoms with Crippen molar-refractivity contribution in [3.8, 4) is 0 Å². The van der Waals surface area contributed by atoms with Crippen molar-refractivity contribution >= 4 is 15.9 Å². The molecule has 0 aliphatic carbocycles. The van der Waals surface area contributed by atoms with Crippen molar-refractivity contribution in [1.29, 1.82) is 0 Å². The van der Waals surface area contributed by atoms with Crippen LogP contribution in [-0.4, -0.2) is 46.1 Å². The molecule has 0 saturated heterocycles. The van der Waals surface area contributed by atoms with Gasteiger partial charge in [0, 0.05) is 38.6 Å². The Labute approximate surface area is 193 Å². The molecule has 2 aliphatic heterocycles. The first-order chi connectivity index (χ1) is 15.9. The summed E-state index contributed by atoms with van der Waals surface area (Å²) in [4.78, 5) is 13.2. The van der Waals surface area contributed by atoms with Crippen molar-refractivity contribution in [2.24, 2.45) is 7.05 Å². The molecule has 5 rings (SSSR count). The summed E-state index contributed by atoms with van der Waals surface area (Å²) in [5, 5.41) is 10.6. The number of fused-ring (bicyclic) bond motifs is 2. The lowest BCUT2D eigenvalue weighted by molar-refractivity contribution is 0.0942. The van der Waals surface area contributed by atoms with Crippen LogP contribution in [0.2, 0.25) is 0 Å². The zero-order valence-electron chi connectivity index (χ0n) is 18.8. The van der Waals surface area contributed by atoms with E-state index >= 15 is 0 Å². The maximum absolute atomic E-state index is 13.4. The minimum atomic E-state index is -3.74. The van der Waals surface area contributed by atoms with E-state index < -0.39 is 10.0 Å². The Morgan fingerprint density at radius 2 is 2.09 bits per heavy atom. The Bertz CT molecular complexity index is 1320. The maximum atomic E-state index is 13.4. The number of rotatable bonds is 5. The van der Waals surface area contributed by atoms with Gasteiger partial charge < -0.3 is 15.2 Å². The van der Waals surface area contributed by atoms with Crippen molar-refractivity contribution in [3.05, 3.63) is 70.3 Å². The van der Waals surface area contributed by atoms with E-state index in [1.807, 2.05) is 22.9 Å². The predicted molar refractivity (Wildman–Crippen MR) is 123 cm³/mol. The second-order valence-corrected chi connectivity index (χ2v) is 10.5. The van der Waals surface area contributed by atoms with Crippen molar-refractivity contribution in [1.82, 2.24) is 29.3 Å². The van der Waals surface area contributed by atoms with E-state index in [4.69, 9.17) is 0 Å². The van der Waals surface area contributed by atoms with Gasteiger partial charge in [-0.3, -0.25) is 9.48 Å². The van der Waals surface area contributed by atoms with Gasteiger partial charge in [0.25, 0.3) is 5.91 Å². The zero-order valence-corrected chi connectivity index (χ0v) is 19.7.